The van der Waals surface area contributed by atoms with Gasteiger partial charge in [-0.25, -0.2) is 0 Å². The maximum Gasteiger partial charge on any atom is 0.101 e. The van der Waals surface area contributed by atoms with E-state index in [0.717, 1.165) is 12.0 Å². The molecule has 1 rings (SSSR count). The van der Waals surface area contributed by atoms with Crippen molar-refractivity contribution in [1.29, 1.82) is 5.26 Å². The average molecular weight is 217 g/mol. The molecular weight excluding hydrogens is 207 g/mol. The predicted octanol–water partition coefficient (Wildman–Crippen LogP) is 2.13. The maximum absolute atomic E-state index is 8.58. The zero-order valence-electron chi connectivity index (χ0n) is 6.96. The summed E-state index contributed by atoms with van der Waals surface area (Å²) in [5.41, 5.74) is 6.96. The standard InChI is InChI=1S/C9H9ClN2.ClH/c10-9-5-7(3-4-11)1-2-8(9)6-12;/h1-2,5H,3-4,11H2;1H. The number of nitrogens with two attached hydrogens (primary N) is 1. The average Bonchev–Trinajstić information content (AvgIpc) is 2.05. The minimum atomic E-state index is 0. The lowest BCUT2D eigenvalue weighted by atomic mass is 10.1. The van der Waals surface area contributed by atoms with Crippen molar-refractivity contribution in [2.75, 3.05) is 6.54 Å². The van der Waals surface area contributed by atoms with E-state index in [-0.39, 0.29) is 12.4 Å². The van der Waals surface area contributed by atoms with E-state index in [2.05, 4.69) is 0 Å². The van der Waals surface area contributed by atoms with Crippen molar-refractivity contribution >= 4 is 24.0 Å². The highest BCUT2D eigenvalue weighted by Gasteiger charge is 1.99. The molecule has 0 aliphatic rings. The third kappa shape index (κ3) is 3.23. The molecule has 0 atom stereocenters. The molecule has 0 aliphatic carbocycles. The number of halogens is 2. The van der Waals surface area contributed by atoms with Crippen molar-refractivity contribution in [2.45, 2.75) is 6.42 Å². The van der Waals surface area contributed by atoms with Crippen LogP contribution in [0.3, 0.4) is 0 Å². The molecule has 1 aromatic carbocycles. The summed E-state index contributed by atoms with van der Waals surface area (Å²) >= 11 is 5.80. The zero-order chi connectivity index (χ0) is 8.97. The van der Waals surface area contributed by atoms with Crippen molar-refractivity contribution in [3.05, 3.63) is 34.3 Å². The summed E-state index contributed by atoms with van der Waals surface area (Å²) < 4.78 is 0. The molecule has 0 saturated carbocycles. The molecule has 0 saturated heterocycles. The van der Waals surface area contributed by atoms with Gasteiger partial charge in [0.05, 0.1) is 10.6 Å². The van der Waals surface area contributed by atoms with Gasteiger partial charge in [-0.05, 0) is 30.7 Å². The zero-order valence-corrected chi connectivity index (χ0v) is 8.53. The highest BCUT2D eigenvalue weighted by atomic mass is 35.5. The third-order valence-corrected chi connectivity index (χ3v) is 1.90. The van der Waals surface area contributed by atoms with Gasteiger partial charge in [0.1, 0.15) is 6.07 Å². The van der Waals surface area contributed by atoms with Crippen LogP contribution in [0.25, 0.3) is 0 Å². The molecule has 4 heteroatoms. The van der Waals surface area contributed by atoms with Crippen molar-refractivity contribution in [3.63, 3.8) is 0 Å². The normalized spacial score (nSPS) is 8.69. The van der Waals surface area contributed by atoms with Gasteiger partial charge >= 0.3 is 0 Å². The molecule has 0 aliphatic heterocycles. The lowest BCUT2D eigenvalue weighted by Crippen LogP contribution is -2.02. The van der Waals surface area contributed by atoms with Crippen LogP contribution < -0.4 is 5.73 Å². The summed E-state index contributed by atoms with van der Waals surface area (Å²) in [5, 5.41) is 9.08. The Morgan fingerprint density at radius 2 is 2.15 bits per heavy atom. The van der Waals surface area contributed by atoms with Crippen LogP contribution in [-0.2, 0) is 6.42 Å². The molecule has 0 heterocycles. The molecule has 70 valence electrons. The first-order chi connectivity index (χ1) is 5.77. The first-order valence-corrected chi connectivity index (χ1v) is 4.04. The van der Waals surface area contributed by atoms with Gasteiger partial charge in [-0.2, -0.15) is 5.26 Å². The number of rotatable bonds is 2. The Morgan fingerprint density at radius 3 is 2.62 bits per heavy atom. The minimum Gasteiger partial charge on any atom is -0.330 e. The monoisotopic (exact) mass is 216 g/mol. The van der Waals surface area contributed by atoms with Crippen LogP contribution in [0.1, 0.15) is 11.1 Å². The lowest BCUT2D eigenvalue weighted by Gasteiger charge is -1.99. The van der Waals surface area contributed by atoms with E-state index in [4.69, 9.17) is 22.6 Å². The van der Waals surface area contributed by atoms with Crippen LogP contribution in [0.15, 0.2) is 18.2 Å². The number of hydrogen-bond acceptors (Lipinski definition) is 2. The Bertz CT molecular complexity index is 318. The first kappa shape index (κ1) is 12.2. The van der Waals surface area contributed by atoms with Gasteiger partial charge in [0, 0.05) is 0 Å². The van der Waals surface area contributed by atoms with Crippen LogP contribution in [0.2, 0.25) is 5.02 Å². The molecule has 0 spiro atoms. The highest BCUT2D eigenvalue weighted by molar-refractivity contribution is 6.31. The molecule has 0 radical (unpaired) electrons. The molecule has 0 aromatic heterocycles. The van der Waals surface area contributed by atoms with Crippen molar-refractivity contribution in [1.82, 2.24) is 0 Å². The Balaban J connectivity index is 0.00000144. The molecule has 13 heavy (non-hydrogen) atoms. The van der Waals surface area contributed by atoms with E-state index < -0.39 is 0 Å². The van der Waals surface area contributed by atoms with Crippen molar-refractivity contribution in [3.8, 4) is 6.07 Å². The Kier molecular flexibility index (Phi) is 5.48. The maximum atomic E-state index is 8.58. The number of nitrogens with zero attached hydrogens (tertiary/aromatic N) is 1. The summed E-state index contributed by atoms with van der Waals surface area (Å²) in [6, 6.07) is 7.37. The fraction of sp³-hybridized carbons (Fsp3) is 0.222. The van der Waals surface area contributed by atoms with Crippen LogP contribution in [0.5, 0.6) is 0 Å². The van der Waals surface area contributed by atoms with Gasteiger partial charge in [0.2, 0.25) is 0 Å². The van der Waals surface area contributed by atoms with E-state index in [9.17, 15) is 0 Å². The second-order valence-corrected chi connectivity index (χ2v) is 2.87. The smallest absolute Gasteiger partial charge is 0.101 e. The van der Waals surface area contributed by atoms with Crippen molar-refractivity contribution < 1.29 is 0 Å². The van der Waals surface area contributed by atoms with Gasteiger partial charge in [0.25, 0.3) is 0 Å². The predicted molar refractivity (Wildman–Crippen MR) is 56.2 cm³/mol. The van der Waals surface area contributed by atoms with E-state index in [0.29, 0.717) is 17.1 Å². The van der Waals surface area contributed by atoms with Gasteiger partial charge in [-0.1, -0.05) is 17.7 Å². The summed E-state index contributed by atoms with van der Waals surface area (Å²) in [5.74, 6) is 0. The molecule has 0 fully saturated rings. The number of benzene rings is 1. The molecule has 0 amide bonds. The van der Waals surface area contributed by atoms with Crippen LogP contribution in [-0.4, -0.2) is 6.54 Å². The van der Waals surface area contributed by atoms with Crippen LogP contribution >= 0.6 is 24.0 Å². The van der Waals surface area contributed by atoms with Crippen LogP contribution in [0.4, 0.5) is 0 Å². The van der Waals surface area contributed by atoms with E-state index in [1.807, 2.05) is 12.1 Å². The highest BCUT2D eigenvalue weighted by Crippen LogP contribution is 2.16. The van der Waals surface area contributed by atoms with Gasteiger partial charge in [0.15, 0.2) is 0 Å². The molecule has 0 unspecified atom stereocenters. The SMILES string of the molecule is Cl.N#Cc1ccc(CCN)cc1Cl. The lowest BCUT2D eigenvalue weighted by molar-refractivity contribution is 0.968. The first-order valence-electron chi connectivity index (χ1n) is 3.66. The summed E-state index contributed by atoms with van der Waals surface area (Å²) in [7, 11) is 0. The summed E-state index contributed by atoms with van der Waals surface area (Å²) in [4.78, 5) is 0. The Morgan fingerprint density at radius 1 is 1.46 bits per heavy atom. The second-order valence-electron chi connectivity index (χ2n) is 2.46. The quantitative estimate of drug-likeness (QED) is 0.824. The van der Waals surface area contributed by atoms with Crippen LogP contribution in [0, 0.1) is 11.3 Å². The van der Waals surface area contributed by atoms with E-state index in [1.54, 1.807) is 12.1 Å². The topological polar surface area (TPSA) is 49.8 Å². The fourth-order valence-electron chi connectivity index (χ4n) is 0.971. The molecule has 1 aromatic rings. The Hall–Kier alpha value is -0.750. The largest absolute Gasteiger partial charge is 0.330 e. The van der Waals surface area contributed by atoms with E-state index >= 15 is 0 Å². The fourth-order valence-corrected chi connectivity index (χ4v) is 1.22. The molecular formula is C9H10Cl2N2. The van der Waals surface area contributed by atoms with Gasteiger partial charge in [-0.15, -0.1) is 12.4 Å². The summed E-state index contributed by atoms with van der Waals surface area (Å²) in [6.45, 7) is 0.599. The number of hydrogen-bond donors (Lipinski definition) is 1. The van der Waals surface area contributed by atoms with Gasteiger partial charge in [-0.3, -0.25) is 0 Å². The third-order valence-electron chi connectivity index (χ3n) is 1.59. The molecule has 2 nitrogen and oxygen atoms in total. The van der Waals surface area contributed by atoms with Gasteiger partial charge < -0.3 is 5.73 Å². The summed E-state index contributed by atoms with van der Waals surface area (Å²) in [6.07, 6.45) is 0.797. The molecule has 0 bridgehead atoms. The van der Waals surface area contributed by atoms with E-state index in [1.165, 1.54) is 0 Å². The van der Waals surface area contributed by atoms with Crippen molar-refractivity contribution in [2.24, 2.45) is 5.73 Å². The second kappa shape index (κ2) is 5.82. The molecule has 2 N–H and O–H groups in total. The number of nitriles is 1. The minimum absolute atomic E-state index is 0. The Labute approximate surface area is 88.7 Å².